The predicted octanol–water partition coefficient (Wildman–Crippen LogP) is 2.80. The summed E-state index contributed by atoms with van der Waals surface area (Å²) in [4.78, 5) is 25.0. The van der Waals surface area contributed by atoms with Gasteiger partial charge < -0.3 is 4.74 Å². The Bertz CT molecular complexity index is 669. The molecule has 0 aromatic carbocycles. The highest BCUT2D eigenvalue weighted by molar-refractivity contribution is 7.15. The second-order valence-electron chi connectivity index (χ2n) is 4.46. The monoisotopic (exact) mass is 279 g/mol. The van der Waals surface area contributed by atoms with Crippen molar-refractivity contribution >= 4 is 22.1 Å². The van der Waals surface area contributed by atoms with Crippen LogP contribution in [-0.2, 0) is 11.2 Å². The number of carbonyl (C=O) groups is 1. The van der Waals surface area contributed by atoms with Gasteiger partial charge in [0.15, 0.2) is 0 Å². The van der Waals surface area contributed by atoms with Crippen molar-refractivity contribution in [1.82, 2.24) is 4.40 Å². The summed E-state index contributed by atoms with van der Waals surface area (Å²) in [7, 11) is 1.37. The Balaban J connectivity index is 2.78. The van der Waals surface area contributed by atoms with Gasteiger partial charge in [0.1, 0.15) is 4.83 Å². The van der Waals surface area contributed by atoms with E-state index in [0.717, 1.165) is 24.8 Å². The molecule has 0 N–H and O–H groups in total. The molecular weight excluding hydrogens is 262 g/mol. The van der Waals surface area contributed by atoms with Crippen molar-refractivity contribution in [3.63, 3.8) is 0 Å². The molecule has 0 aliphatic heterocycles. The van der Waals surface area contributed by atoms with Crippen LogP contribution in [0.1, 0.15) is 41.3 Å². The summed E-state index contributed by atoms with van der Waals surface area (Å²) in [6.45, 7) is 3.87. The van der Waals surface area contributed by atoms with E-state index in [2.05, 4.69) is 6.92 Å². The molecule has 2 aromatic rings. The van der Waals surface area contributed by atoms with Crippen LogP contribution in [-0.4, -0.2) is 17.5 Å². The molecule has 0 unspecified atom stereocenters. The predicted molar refractivity (Wildman–Crippen MR) is 76.2 cm³/mol. The van der Waals surface area contributed by atoms with Crippen molar-refractivity contribution in [3.05, 3.63) is 38.6 Å². The topological polar surface area (TPSA) is 47.8 Å². The highest BCUT2D eigenvalue weighted by atomic mass is 32.1. The molecule has 0 bridgehead atoms. The summed E-state index contributed by atoms with van der Waals surface area (Å²) in [5.41, 5.74) is 1.98. The Morgan fingerprint density at radius 3 is 2.84 bits per heavy atom. The summed E-state index contributed by atoms with van der Waals surface area (Å²) in [6.07, 6.45) is 4.40. The van der Waals surface area contributed by atoms with Crippen LogP contribution in [0, 0.1) is 6.92 Å². The van der Waals surface area contributed by atoms with Gasteiger partial charge in [0.25, 0.3) is 5.56 Å². The normalized spacial score (nSPS) is 10.9. The van der Waals surface area contributed by atoms with Crippen LogP contribution in [0.4, 0.5) is 0 Å². The summed E-state index contributed by atoms with van der Waals surface area (Å²) < 4.78 is 6.41. The van der Waals surface area contributed by atoms with Gasteiger partial charge in [-0.25, -0.2) is 4.79 Å². The number of aromatic nitrogens is 1. The van der Waals surface area contributed by atoms with E-state index < -0.39 is 0 Å². The van der Waals surface area contributed by atoms with Crippen LogP contribution in [0.5, 0.6) is 0 Å². The van der Waals surface area contributed by atoms with E-state index in [1.54, 1.807) is 13.1 Å². The molecule has 2 aromatic heterocycles. The molecule has 0 spiro atoms. The van der Waals surface area contributed by atoms with Gasteiger partial charge >= 0.3 is 5.97 Å². The van der Waals surface area contributed by atoms with Crippen molar-refractivity contribution in [3.8, 4) is 0 Å². The fourth-order valence-electron chi connectivity index (χ4n) is 2.22. The number of carbonyl (C=O) groups excluding carboxylic acids is 1. The Hall–Kier alpha value is -1.62. The van der Waals surface area contributed by atoms with Gasteiger partial charge in [0.2, 0.25) is 0 Å². The van der Waals surface area contributed by atoms with Crippen molar-refractivity contribution < 1.29 is 9.53 Å². The van der Waals surface area contributed by atoms with Gasteiger partial charge in [0.05, 0.1) is 12.7 Å². The first-order valence-electron chi connectivity index (χ1n) is 6.31. The molecule has 0 amide bonds. The van der Waals surface area contributed by atoms with Crippen molar-refractivity contribution in [1.29, 1.82) is 0 Å². The fraction of sp³-hybridized carbons (Fsp3) is 0.429. The zero-order valence-corrected chi connectivity index (χ0v) is 12.2. The average molecular weight is 279 g/mol. The summed E-state index contributed by atoms with van der Waals surface area (Å²) in [5.74, 6) is -0.367. The van der Waals surface area contributed by atoms with E-state index in [-0.39, 0.29) is 11.5 Å². The maximum absolute atomic E-state index is 12.3. The van der Waals surface area contributed by atoms with E-state index in [1.807, 2.05) is 5.38 Å². The molecule has 0 radical (unpaired) electrons. The minimum absolute atomic E-state index is 0.0463. The van der Waals surface area contributed by atoms with Crippen LogP contribution in [0.3, 0.4) is 0 Å². The number of pyridine rings is 1. The third-order valence-electron chi connectivity index (χ3n) is 3.29. The van der Waals surface area contributed by atoms with Gasteiger partial charge in [0, 0.05) is 17.1 Å². The van der Waals surface area contributed by atoms with E-state index >= 15 is 0 Å². The molecule has 0 saturated heterocycles. The number of fused-ring (bicyclic) bond motifs is 1. The third-order valence-corrected chi connectivity index (χ3v) is 4.17. The standard InChI is InChI=1S/C14H17NO3S/c1-4-5-6-10-9(2)12(16)15-7-8-19-13(15)11(10)14(17)18-3/h7-8H,4-6H2,1-3H3. The molecule has 0 fully saturated rings. The Labute approximate surface area is 115 Å². The van der Waals surface area contributed by atoms with Crippen molar-refractivity contribution in [2.75, 3.05) is 7.11 Å². The lowest BCUT2D eigenvalue weighted by Gasteiger charge is -2.12. The smallest absolute Gasteiger partial charge is 0.341 e. The number of nitrogens with zero attached hydrogens (tertiary/aromatic N) is 1. The molecule has 4 nitrogen and oxygen atoms in total. The molecule has 0 aliphatic carbocycles. The number of methoxy groups -OCH3 is 1. The minimum Gasteiger partial charge on any atom is -0.465 e. The molecule has 2 heterocycles. The zero-order valence-electron chi connectivity index (χ0n) is 11.4. The Morgan fingerprint density at radius 2 is 2.21 bits per heavy atom. The molecule has 0 atom stereocenters. The van der Waals surface area contributed by atoms with Crippen molar-refractivity contribution in [2.45, 2.75) is 33.1 Å². The Kier molecular flexibility index (Phi) is 4.04. The number of hydrogen-bond acceptors (Lipinski definition) is 4. The van der Waals surface area contributed by atoms with Crippen molar-refractivity contribution in [2.24, 2.45) is 0 Å². The first-order valence-corrected chi connectivity index (χ1v) is 7.19. The number of thiazole rings is 1. The molecule has 5 heteroatoms. The SMILES string of the molecule is CCCCc1c(C)c(=O)n2ccsc2c1C(=O)OC. The fourth-order valence-corrected chi connectivity index (χ4v) is 3.12. The van der Waals surface area contributed by atoms with E-state index in [4.69, 9.17) is 4.74 Å². The van der Waals surface area contributed by atoms with Gasteiger partial charge in [-0.05, 0) is 25.3 Å². The minimum atomic E-state index is -0.367. The lowest BCUT2D eigenvalue weighted by molar-refractivity contribution is 0.0601. The average Bonchev–Trinajstić information content (AvgIpc) is 2.89. The first-order chi connectivity index (χ1) is 9.11. The second-order valence-corrected chi connectivity index (χ2v) is 5.35. The van der Waals surface area contributed by atoms with E-state index in [1.165, 1.54) is 22.8 Å². The Morgan fingerprint density at radius 1 is 1.47 bits per heavy atom. The molecular formula is C14H17NO3S. The number of unbranched alkanes of at least 4 members (excludes halogenated alkanes) is 1. The van der Waals surface area contributed by atoms with Crippen LogP contribution in [0.25, 0.3) is 4.83 Å². The maximum atomic E-state index is 12.3. The summed E-state index contributed by atoms with van der Waals surface area (Å²) >= 11 is 1.39. The second kappa shape index (κ2) is 5.57. The number of rotatable bonds is 4. The molecule has 0 saturated carbocycles. The van der Waals surface area contributed by atoms with Crippen LogP contribution in [0.15, 0.2) is 16.4 Å². The molecule has 0 aliphatic rings. The number of hydrogen-bond donors (Lipinski definition) is 0. The zero-order chi connectivity index (χ0) is 14.0. The quantitative estimate of drug-likeness (QED) is 0.809. The van der Waals surface area contributed by atoms with Crippen LogP contribution < -0.4 is 5.56 Å². The highest BCUT2D eigenvalue weighted by Crippen LogP contribution is 2.24. The first kappa shape index (κ1) is 13.8. The molecule has 19 heavy (non-hydrogen) atoms. The number of ether oxygens (including phenoxy) is 1. The van der Waals surface area contributed by atoms with E-state index in [9.17, 15) is 9.59 Å². The largest absolute Gasteiger partial charge is 0.465 e. The lowest BCUT2D eigenvalue weighted by atomic mass is 9.99. The van der Waals surface area contributed by atoms with Gasteiger partial charge in [-0.2, -0.15) is 0 Å². The van der Waals surface area contributed by atoms with Gasteiger partial charge in [-0.3, -0.25) is 9.20 Å². The van der Waals surface area contributed by atoms with Gasteiger partial charge in [-0.1, -0.05) is 13.3 Å². The highest BCUT2D eigenvalue weighted by Gasteiger charge is 2.21. The molecule has 102 valence electrons. The third kappa shape index (κ3) is 2.30. The summed E-state index contributed by atoms with van der Waals surface area (Å²) in [6, 6.07) is 0. The summed E-state index contributed by atoms with van der Waals surface area (Å²) in [5, 5.41) is 1.81. The van der Waals surface area contributed by atoms with Crippen LogP contribution in [0.2, 0.25) is 0 Å². The lowest BCUT2D eigenvalue weighted by Crippen LogP contribution is -2.21. The van der Waals surface area contributed by atoms with E-state index in [0.29, 0.717) is 16.0 Å². The maximum Gasteiger partial charge on any atom is 0.341 e. The molecule has 2 rings (SSSR count). The van der Waals surface area contributed by atoms with Crippen LogP contribution >= 0.6 is 11.3 Å². The van der Waals surface area contributed by atoms with Gasteiger partial charge in [-0.15, -0.1) is 11.3 Å². The number of esters is 1.